The van der Waals surface area contributed by atoms with Gasteiger partial charge < -0.3 is 5.32 Å². The van der Waals surface area contributed by atoms with Gasteiger partial charge in [-0.25, -0.2) is 0 Å². The number of rotatable bonds is 5. The second-order valence-corrected chi connectivity index (χ2v) is 6.77. The molecule has 1 heterocycles. The molecule has 1 aliphatic carbocycles. The first-order valence-electron chi connectivity index (χ1n) is 7.35. The Balaban J connectivity index is 2.16. The topological polar surface area (TPSA) is 29.9 Å². The third kappa shape index (κ3) is 3.32. The predicted molar refractivity (Wildman–Crippen MR) is 80.7 cm³/mol. The number of hydrogen-bond acceptors (Lipinski definition) is 2. The third-order valence-electron chi connectivity index (χ3n) is 4.35. The fraction of sp³-hybridized carbons (Fsp3) is 0.800. The first-order chi connectivity index (χ1) is 8.93. The Kier molecular flexibility index (Phi) is 4.57. The minimum absolute atomic E-state index is 0.369. The van der Waals surface area contributed by atoms with Crippen LogP contribution in [-0.2, 0) is 13.5 Å². The summed E-state index contributed by atoms with van der Waals surface area (Å²) in [5.41, 5.74) is 2.52. The molecule has 0 aromatic carbocycles. The van der Waals surface area contributed by atoms with Crippen LogP contribution in [0.5, 0.6) is 0 Å². The lowest BCUT2D eigenvalue weighted by molar-refractivity contribution is 0.263. The molecule has 3 nitrogen and oxygen atoms in total. The summed E-state index contributed by atoms with van der Waals surface area (Å²) in [6.45, 7) is 7.50. The Hall–Kier alpha value is -0.540. The molecular formula is C15H26ClN3. The van der Waals surface area contributed by atoms with Gasteiger partial charge in [0.15, 0.2) is 0 Å². The van der Waals surface area contributed by atoms with Crippen LogP contribution in [0.15, 0.2) is 0 Å². The van der Waals surface area contributed by atoms with Crippen molar-refractivity contribution >= 4 is 11.6 Å². The van der Waals surface area contributed by atoms with Gasteiger partial charge in [0, 0.05) is 19.6 Å². The standard InChI is InChI=1S/C15H26ClN3/c1-11(2)17-10-15(7-5-6-8-15)9-13-14(16)12(3)18-19(13)4/h11,17H,5-10H2,1-4H3. The van der Waals surface area contributed by atoms with E-state index in [-0.39, 0.29) is 0 Å². The largest absolute Gasteiger partial charge is 0.314 e. The maximum absolute atomic E-state index is 6.41. The summed E-state index contributed by atoms with van der Waals surface area (Å²) in [5, 5.41) is 8.92. The predicted octanol–water partition coefficient (Wildman–Crippen LogP) is 3.48. The van der Waals surface area contributed by atoms with Gasteiger partial charge in [-0.3, -0.25) is 4.68 Å². The molecule has 2 rings (SSSR count). The maximum Gasteiger partial charge on any atom is 0.0847 e. The van der Waals surface area contributed by atoms with E-state index >= 15 is 0 Å². The van der Waals surface area contributed by atoms with Gasteiger partial charge in [-0.05, 0) is 31.6 Å². The smallest absolute Gasteiger partial charge is 0.0847 e. The molecule has 1 aromatic rings. The third-order valence-corrected chi connectivity index (χ3v) is 4.85. The summed E-state index contributed by atoms with van der Waals surface area (Å²) in [6, 6.07) is 0.543. The second kappa shape index (κ2) is 5.84. The van der Waals surface area contributed by atoms with Crippen LogP contribution in [0.2, 0.25) is 5.02 Å². The van der Waals surface area contributed by atoms with Crippen molar-refractivity contribution < 1.29 is 0 Å². The van der Waals surface area contributed by atoms with Crippen LogP contribution >= 0.6 is 11.6 Å². The average molecular weight is 284 g/mol. The lowest BCUT2D eigenvalue weighted by atomic mass is 9.81. The van der Waals surface area contributed by atoms with Gasteiger partial charge in [-0.2, -0.15) is 5.10 Å². The number of nitrogens with one attached hydrogen (secondary N) is 1. The van der Waals surface area contributed by atoms with Crippen molar-refractivity contribution in [3.8, 4) is 0 Å². The highest BCUT2D eigenvalue weighted by atomic mass is 35.5. The van der Waals surface area contributed by atoms with Crippen molar-refractivity contribution in [2.45, 2.75) is 58.9 Å². The molecule has 1 fully saturated rings. The first-order valence-corrected chi connectivity index (χ1v) is 7.73. The SMILES string of the molecule is Cc1nn(C)c(CC2(CNC(C)C)CCCC2)c1Cl. The monoisotopic (exact) mass is 283 g/mol. The summed E-state index contributed by atoms with van der Waals surface area (Å²) < 4.78 is 1.97. The van der Waals surface area contributed by atoms with Crippen LogP contribution < -0.4 is 5.32 Å². The van der Waals surface area contributed by atoms with Crippen molar-refractivity contribution in [1.29, 1.82) is 0 Å². The summed E-state index contributed by atoms with van der Waals surface area (Å²) in [4.78, 5) is 0. The Morgan fingerprint density at radius 1 is 1.37 bits per heavy atom. The van der Waals surface area contributed by atoms with Crippen molar-refractivity contribution in [2.24, 2.45) is 12.5 Å². The lowest BCUT2D eigenvalue weighted by Crippen LogP contribution is -2.37. The first kappa shape index (κ1) is 14.9. The van der Waals surface area contributed by atoms with E-state index in [1.54, 1.807) is 0 Å². The van der Waals surface area contributed by atoms with Crippen LogP contribution in [0.1, 0.15) is 50.9 Å². The van der Waals surface area contributed by atoms with Gasteiger partial charge in [0.1, 0.15) is 0 Å². The number of aryl methyl sites for hydroxylation is 2. The minimum atomic E-state index is 0.369. The molecule has 0 bridgehead atoms. The van der Waals surface area contributed by atoms with Crippen molar-refractivity contribution in [3.63, 3.8) is 0 Å². The molecule has 0 atom stereocenters. The number of nitrogens with zero attached hydrogens (tertiary/aromatic N) is 2. The molecule has 108 valence electrons. The van der Waals surface area contributed by atoms with E-state index in [1.807, 2.05) is 18.7 Å². The van der Waals surface area contributed by atoms with Gasteiger partial charge >= 0.3 is 0 Å². The number of aromatic nitrogens is 2. The van der Waals surface area contributed by atoms with Gasteiger partial charge in [0.2, 0.25) is 0 Å². The highest BCUT2D eigenvalue weighted by Gasteiger charge is 2.35. The Morgan fingerprint density at radius 2 is 2.00 bits per heavy atom. The zero-order chi connectivity index (χ0) is 14.0. The van der Waals surface area contributed by atoms with Crippen molar-refractivity contribution in [2.75, 3.05) is 6.54 Å². The van der Waals surface area contributed by atoms with E-state index in [2.05, 4.69) is 24.3 Å². The van der Waals surface area contributed by atoms with E-state index in [0.29, 0.717) is 11.5 Å². The molecule has 4 heteroatoms. The van der Waals surface area contributed by atoms with Gasteiger partial charge in [0.25, 0.3) is 0 Å². The van der Waals surface area contributed by atoms with E-state index in [9.17, 15) is 0 Å². The van der Waals surface area contributed by atoms with E-state index in [0.717, 1.165) is 23.7 Å². The normalized spacial score (nSPS) is 18.4. The average Bonchev–Trinajstić information content (AvgIpc) is 2.89. The summed E-state index contributed by atoms with van der Waals surface area (Å²) in [7, 11) is 2.01. The van der Waals surface area contributed by atoms with Gasteiger partial charge in [0.05, 0.1) is 16.4 Å². The summed E-state index contributed by atoms with van der Waals surface area (Å²) in [5.74, 6) is 0. The Bertz CT molecular complexity index is 431. The fourth-order valence-electron chi connectivity index (χ4n) is 3.19. The Morgan fingerprint density at radius 3 is 2.47 bits per heavy atom. The molecule has 0 spiro atoms. The number of hydrogen-bond donors (Lipinski definition) is 1. The maximum atomic E-state index is 6.41. The second-order valence-electron chi connectivity index (χ2n) is 6.39. The molecule has 1 aliphatic rings. The fourth-order valence-corrected chi connectivity index (χ4v) is 3.42. The summed E-state index contributed by atoms with van der Waals surface area (Å²) in [6.07, 6.45) is 6.33. The molecule has 0 unspecified atom stereocenters. The highest BCUT2D eigenvalue weighted by Crippen LogP contribution is 2.41. The molecular weight excluding hydrogens is 258 g/mol. The minimum Gasteiger partial charge on any atom is -0.314 e. The molecule has 1 saturated carbocycles. The molecule has 0 aliphatic heterocycles. The summed E-state index contributed by atoms with van der Waals surface area (Å²) >= 11 is 6.41. The van der Waals surface area contributed by atoms with Crippen LogP contribution in [0.25, 0.3) is 0 Å². The van der Waals surface area contributed by atoms with Crippen LogP contribution in [0.3, 0.4) is 0 Å². The lowest BCUT2D eigenvalue weighted by Gasteiger charge is -2.30. The Labute approximate surface area is 121 Å². The van der Waals surface area contributed by atoms with E-state index in [4.69, 9.17) is 11.6 Å². The van der Waals surface area contributed by atoms with Gasteiger partial charge in [-0.1, -0.05) is 38.3 Å². The number of halogens is 1. The zero-order valence-electron chi connectivity index (χ0n) is 12.6. The molecule has 19 heavy (non-hydrogen) atoms. The van der Waals surface area contributed by atoms with Crippen LogP contribution in [0, 0.1) is 12.3 Å². The van der Waals surface area contributed by atoms with E-state index in [1.165, 1.54) is 31.4 Å². The van der Waals surface area contributed by atoms with Crippen molar-refractivity contribution in [1.82, 2.24) is 15.1 Å². The van der Waals surface area contributed by atoms with Gasteiger partial charge in [-0.15, -0.1) is 0 Å². The zero-order valence-corrected chi connectivity index (χ0v) is 13.3. The van der Waals surface area contributed by atoms with Crippen LogP contribution in [-0.4, -0.2) is 22.4 Å². The molecule has 1 N–H and O–H groups in total. The molecule has 1 aromatic heterocycles. The molecule has 0 saturated heterocycles. The molecule has 0 radical (unpaired) electrons. The quantitative estimate of drug-likeness (QED) is 0.897. The van der Waals surface area contributed by atoms with Crippen LogP contribution in [0.4, 0.5) is 0 Å². The van der Waals surface area contributed by atoms with E-state index < -0.39 is 0 Å². The van der Waals surface area contributed by atoms with Crippen molar-refractivity contribution in [3.05, 3.63) is 16.4 Å². The molecule has 0 amide bonds. The highest BCUT2D eigenvalue weighted by molar-refractivity contribution is 6.31.